The Morgan fingerprint density at radius 1 is 0.825 bits per heavy atom. The zero-order valence-corrected chi connectivity index (χ0v) is 23.5. The summed E-state index contributed by atoms with van der Waals surface area (Å²) in [5.41, 5.74) is 5.45. The minimum Gasteiger partial charge on any atom is -0.493 e. The Bertz CT molecular complexity index is 1460. The third-order valence-corrected chi connectivity index (χ3v) is 6.20. The standard InChI is InChI=1S/C31H28Cl2N2O5/c1-3-38-28-16-22(9-14-27(28)39-19-21-7-5-4-6-8-21)20-40-30-26(33)15-23(17-29(30)37-2)18-34-35-31(36)24-10-12-25(32)13-11-24/h4-18H,3,19-20H2,1-2H3,(H,35,36)/b34-18+. The van der Waals surface area contributed by atoms with E-state index in [0.29, 0.717) is 57.4 Å². The molecule has 0 fully saturated rings. The first-order valence-corrected chi connectivity index (χ1v) is 13.2. The van der Waals surface area contributed by atoms with E-state index in [9.17, 15) is 4.79 Å². The van der Waals surface area contributed by atoms with Gasteiger partial charge < -0.3 is 18.9 Å². The zero-order chi connectivity index (χ0) is 28.3. The van der Waals surface area contributed by atoms with E-state index >= 15 is 0 Å². The van der Waals surface area contributed by atoms with Crippen LogP contribution in [0.5, 0.6) is 23.0 Å². The van der Waals surface area contributed by atoms with Crippen molar-refractivity contribution in [2.45, 2.75) is 20.1 Å². The summed E-state index contributed by atoms with van der Waals surface area (Å²) in [5.74, 6) is 1.72. The van der Waals surface area contributed by atoms with E-state index in [1.54, 1.807) is 36.4 Å². The summed E-state index contributed by atoms with van der Waals surface area (Å²) < 4.78 is 23.3. The zero-order valence-electron chi connectivity index (χ0n) is 22.0. The highest BCUT2D eigenvalue weighted by Gasteiger charge is 2.14. The van der Waals surface area contributed by atoms with Crippen molar-refractivity contribution in [1.29, 1.82) is 0 Å². The molecule has 0 saturated heterocycles. The number of hydrazone groups is 1. The lowest BCUT2D eigenvalue weighted by atomic mass is 10.2. The predicted molar refractivity (Wildman–Crippen MR) is 157 cm³/mol. The molecule has 1 N–H and O–H groups in total. The van der Waals surface area contributed by atoms with Crippen molar-refractivity contribution in [3.63, 3.8) is 0 Å². The Kier molecular flexibility index (Phi) is 10.3. The summed E-state index contributed by atoms with van der Waals surface area (Å²) in [6.45, 7) is 3.07. The molecule has 4 aromatic carbocycles. The van der Waals surface area contributed by atoms with Gasteiger partial charge >= 0.3 is 0 Å². The van der Waals surface area contributed by atoms with Gasteiger partial charge in [0, 0.05) is 10.6 Å². The van der Waals surface area contributed by atoms with Crippen LogP contribution in [0.2, 0.25) is 10.0 Å². The molecular weight excluding hydrogens is 551 g/mol. The van der Waals surface area contributed by atoms with Crippen LogP contribution in [0.4, 0.5) is 0 Å². The maximum atomic E-state index is 12.2. The molecule has 7 nitrogen and oxygen atoms in total. The number of amides is 1. The van der Waals surface area contributed by atoms with Crippen LogP contribution in [-0.4, -0.2) is 25.8 Å². The number of carbonyl (C=O) groups is 1. The highest BCUT2D eigenvalue weighted by atomic mass is 35.5. The van der Waals surface area contributed by atoms with Crippen molar-refractivity contribution in [1.82, 2.24) is 5.43 Å². The Morgan fingerprint density at radius 2 is 1.57 bits per heavy atom. The van der Waals surface area contributed by atoms with Gasteiger partial charge in [-0.2, -0.15) is 5.10 Å². The van der Waals surface area contributed by atoms with Crippen molar-refractivity contribution in [2.24, 2.45) is 5.10 Å². The van der Waals surface area contributed by atoms with Crippen molar-refractivity contribution in [3.05, 3.63) is 117 Å². The molecule has 0 aliphatic heterocycles. The normalized spacial score (nSPS) is 10.8. The van der Waals surface area contributed by atoms with E-state index in [1.165, 1.54) is 13.3 Å². The lowest BCUT2D eigenvalue weighted by Gasteiger charge is -2.16. The van der Waals surface area contributed by atoms with Gasteiger partial charge in [-0.25, -0.2) is 5.43 Å². The first-order valence-electron chi connectivity index (χ1n) is 12.5. The number of benzene rings is 4. The quantitative estimate of drug-likeness (QED) is 0.141. The summed E-state index contributed by atoms with van der Waals surface area (Å²) in [5, 5.41) is 4.89. The second-order valence-corrected chi connectivity index (χ2v) is 9.36. The number of hydrogen-bond acceptors (Lipinski definition) is 6. The summed E-state index contributed by atoms with van der Waals surface area (Å²) in [7, 11) is 1.52. The lowest BCUT2D eigenvalue weighted by molar-refractivity contribution is 0.0955. The largest absolute Gasteiger partial charge is 0.493 e. The molecule has 4 aromatic rings. The van der Waals surface area contributed by atoms with E-state index in [2.05, 4.69) is 10.5 Å². The molecule has 0 radical (unpaired) electrons. The molecular formula is C31H28Cl2N2O5. The summed E-state index contributed by atoms with van der Waals surface area (Å²) in [6.07, 6.45) is 1.47. The molecule has 0 bridgehead atoms. The maximum absolute atomic E-state index is 12.2. The van der Waals surface area contributed by atoms with E-state index < -0.39 is 0 Å². The minimum absolute atomic E-state index is 0.222. The first-order chi connectivity index (χ1) is 19.5. The number of nitrogens with zero attached hydrogens (tertiary/aromatic N) is 1. The predicted octanol–water partition coefficient (Wildman–Crippen LogP) is 7.32. The smallest absolute Gasteiger partial charge is 0.271 e. The van der Waals surface area contributed by atoms with Gasteiger partial charge in [-0.15, -0.1) is 0 Å². The van der Waals surface area contributed by atoms with Gasteiger partial charge in [-0.1, -0.05) is 59.6 Å². The van der Waals surface area contributed by atoms with Gasteiger partial charge in [0.25, 0.3) is 5.91 Å². The summed E-state index contributed by atoms with van der Waals surface area (Å²) in [6, 6.07) is 25.5. The number of halogens is 2. The van der Waals surface area contributed by atoms with Crippen molar-refractivity contribution < 1.29 is 23.7 Å². The fraction of sp³-hybridized carbons (Fsp3) is 0.161. The second-order valence-electron chi connectivity index (χ2n) is 8.52. The van der Waals surface area contributed by atoms with Crippen LogP contribution in [0.25, 0.3) is 0 Å². The number of ether oxygens (including phenoxy) is 4. The van der Waals surface area contributed by atoms with Gasteiger partial charge in [0.2, 0.25) is 0 Å². The maximum Gasteiger partial charge on any atom is 0.271 e. The number of rotatable bonds is 12. The van der Waals surface area contributed by atoms with Crippen LogP contribution in [0, 0.1) is 0 Å². The first kappa shape index (κ1) is 28.8. The van der Waals surface area contributed by atoms with E-state index in [1.807, 2.05) is 55.5 Å². The molecule has 0 atom stereocenters. The average Bonchev–Trinajstić information content (AvgIpc) is 2.97. The van der Waals surface area contributed by atoms with Crippen LogP contribution >= 0.6 is 23.2 Å². The summed E-state index contributed by atoms with van der Waals surface area (Å²) in [4.78, 5) is 12.2. The highest BCUT2D eigenvalue weighted by molar-refractivity contribution is 6.32. The average molecular weight is 579 g/mol. The Morgan fingerprint density at radius 3 is 2.30 bits per heavy atom. The molecule has 0 aliphatic rings. The molecule has 40 heavy (non-hydrogen) atoms. The van der Waals surface area contributed by atoms with Crippen LogP contribution in [0.3, 0.4) is 0 Å². The number of carbonyl (C=O) groups excluding carboxylic acids is 1. The van der Waals surface area contributed by atoms with Crippen LogP contribution < -0.4 is 24.4 Å². The van der Waals surface area contributed by atoms with Gasteiger partial charge in [0.15, 0.2) is 23.0 Å². The van der Waals surface area contributed by atoms with Crippen LogP contribution in [0.1, 0.15) is 34.0 Å². The van der Waals surface area contributed by atoms with E-state index in [-0.39, 0.29) is 12.5 Å². The fourth-order valence-electron chi connectivity index (χ4n) is 3.71. The fourth-order valence-corrected chi connectivity index (χ4v) is 4.11. The van der Waals surface area contributed by atoms with Gasteiger partial charge in [0.05, 0.1) is 25.0 Å². The Labute approximate surface area is 243 Å². The monoisotopic (exact) mass is 578 g/mol. The van der Waals surface area contributed by atoms with Crippen molar-refractivity contribution in [2.75, 3.05) is 13.7 Å². The molecule has 1 amide bonds. The number of methoxy groups -OCH3 is 1. The van der Waals surface area contributed by atoms with Crippen LogP contribution in [0.15, 0.2) is 90.0 Å². The van der Waals surface area contributed by atoms with Gasteiger partial charge in [-0.05, 0) is 72.1 Å². The SMILES string of the molecule is CCOc1cc(COc2c(Cl)cc(/C=N/NC(=O)c3ccc(Cl)cc3)cc2OC)ccc1OCc1ccccc1. The summed E-state index contributed by atoms with van der Waals surface area (Å²) >= 11 is 12.4. The molecule has 0 saturated carbocycles. The highest BCUT2D eigenvalue weighted by Crippen LogP contribution is 2.37. The number of hydrogen-bond donors (Lipinski definition) is 1. The molecule has 0 unspecified atom stereocenters. The Hall–Kier alpha value is -4.20. The third kappa shape index (κ3) is 7.91. The minimum atomic E-state index is -0.367. The van der Waals surface area contributed by atoms with Crippen LogP contribution in [-0.2, 0) is 13.2 Å². The molecule has 0 spiro atoms. The third-order valence-electron chi connectivity index (χ3n) is 5.67. The molecule has 9 heteroatoms. The van der Waals surface area contributed by atoms with E-state index in [0.717, 1.165) is 11.1 Å². The number of nitrogens with one attached hydrogen (secondary N) is 1. The van der Waals surface area contributed by atoms with Crippen molar-refractivity contribution >= 4 is 35.3 Å². The van der Waals surface area contributed by atoms with E-state index in [4.69, 9.17) is 42.1 Å². The topological polar surface area (TPSA) is 78.4 Å². The molecule has 0 aromatic heterocycles. The van der Waals surface area contributed by atoms with Crippen molar-refractivity contribution in [3.8, 4) is 23.0 Å². The Balaban J connectivity index is 1.41. The molecule has 0 heterocycles. The molecule has 4 rings (SSSR count). The molecule has 0 aliphatic carbocycles. The molecule has 206 valence electrons. The second kappa shape index (κ2) is 14.3. The van der Waals surface area contributed by atoms with Gasteiger partial charge in [-0.3, -0.25) is 4.79 Å². The lowest BCUT2D eigenvalue weighted by Crippen LogP contribution is -2.17. The van der Waals surface area contributed by atoms with Gasteiger partial charge in [0.1, 0.15) is 13.2 Å².